The SMILES string of the molecule is COc1c(C)ncc(CN)c1C. The molecule has 0 amide bonds. The Morgan fingerprint density at radius 1 is 1.50 bits per heavy atom. The van der Waals surface area contributed by atoms with Crippen molar-refractivity contribution in [3.05, 3.63) is 23.0 Å². The maximum atomic E-state index is 5.53. The summed E-state index contributed by atoms with van der Waals surface area (Å²) in [5.74, 6) is 0.845. The highest BCUT2D eigenvalue weighted by Gasteiger charge is 2.06. The van der Waals surface area contributed by atoms with Gasteiger partial charge < -0.3 is 10.5 Å². The Morgan fingerprint density at radius 2 is 2.17 bits per heavy atom. The van der Waals surface area contributed by atoms with Crippen LogP contribution in [0.5, 0.6) is 5.75 Å². The first-order valence-electron chi connectivity index (χ1n) is 3.89. The fourth-order valence-corrected chi connectivity index (χ4v) is 1.25. The minimum Gasteiger partial charge on any atom is -0.495 e. The van der Waals surface area contributed by atoms with Crippen molar-refractivity contribution in [2.75, 3.05) is 7.11 Å². The first kappa shape index (κ1) is 9.00. The van der Waals surface area contributed by atoms with Gasteiger partial charge in [0.05, 0.1) is 12.8 Å². The van der Waals surface area contributed by atoms with Gasteiger partial charge in [0.1, 0.15) is 5.75 Å². The van der Waals surface area contributed by atoms with E-state index in [1.54, 1.807) is 13.3 Å². The van der Waals surface area contributed by atoms with E-state index in [2.05, 4.69) is 4.98 Å². The van der Waals surface area contributed by atoms with Gasteiger partial charge >= 0.3 is 0 Å². The van der Waals surface area contributed by atoms with E-state index in [1.165, 1.54) is 0 Å². The number of rotatable bonds is 2. The second-order valence-corrected chi connectivity index (χ2v) is 2.73. The Balaban J connectivity index is 3.24. The number of nitrogens with two attached hydrogens (primary N) is 1. The lowest BCUT2D eigenvalue weighted by Gasteiger charge is -2.10. The van der Waals surface area contributed by atoms with Crippen LogP contribution in [-0.2, 0) is 6.54 Å². The van der Waals surface area contributed by atoms with Crippen molar-refractivity contribution >= 4 is 0 Å². The lowest BCUT2D eigenvalue weighted by atomic mass is 10.1. The summed E-state index contributed by atoms with van der Waals surface area (Å²) in [5.41, 5.74) is 8.57. The number of aryl methyl sites for hydroxylation is 1. The van der Waals surface area contributed by atoms with Crippen LogP contribution in [0.25, 0.3) is 0 Å². The molecule has 0 aliphatic carbocycles. The molecule has 1 rings (SSSR count). The molecule has 0 aliphatic heterocycles. The van der Waals surface area contributed by atoms with Crippen LogP contribution in [0.15, 0.2) is 6.20 Å². The van der Waals surface area contributed by atoms with Crippen molar-refractivity contribution in [2.45, 2.75) is 20.4 Å². The van der Waals surface area contributed by atoms with Gasteiger partial charge in [-0.15, -0.1) is 0 Å². The third-order valence-electron chi connectivity index (χ3n) is 1.99. The van der Waals surface area contributed by atoms with Gasteiger partial charge in [0.25, 0.3) is 0 Å². The average molecular weight is 166 g/mol. The second kappa shape index (κ2) is 3.54. The first-order valence-corrected chi connectivity index (χ1v) is 3.89. The Morgan fingerprint density at radius 3 is 2.67 bits per heavy atom. The third kappa shape index (κ3) is 1.41. The van der Waals surface area contributed by atoms with E-state index in [0.717, 1.165) is 22.6 Å². The standard InChI is InChI=1S/C9H14N2O/c1-6-8(4-10)5-11-7(2)9(6)12-3/h5H,4,10H2,1-3H3. The van der Waals surface area contributed by atoms with Gasteiger partial charge in [-0.25, -0.2) is 0 Å². The third-order valence-corrected chi connectivity index (χ3v) is 1.99. The number of methoxy groups -OCH3 is 1. The van der Waals surface area contributed by atoms with Gasteiger partial charge in [-0.2, -0.15) is 0 Å². The highest BCUT2D eigenvalue weighted by molar-refractivity contribution is 5.40. The first-order chi connectivity index (χ1) is 5.70. The molecule has 0 unspecified atom stereocenters. The van der Waals surface area contributed by atoms with Crippen molar-refractivity contribution in [1.82, 2.24) is 4.98 Å². The van der Waals surface area contributed by atoms with Gasteiger partial charge in [-0.3, -0.25) is 4.98 Å². The second-order valence-electron chi connectivity index (χ2n) is 2.73. The number of aromatic nitrogens is 1. The number of hydrogen-bond donors (Lipinski definition) is 1. The van der Waals surface area contributed by atoms with Crippen molar-refractivity contribution in [3.8, 4) is 5.75 Å². The highest BCUT2D eigenvalue weighted by atomic mass is 16.5. The van der Waals surface area contributed by atoms with E-state index >= 15 is 0 Å². The zero-order valence-corrected chi connectivity index (χ0v) is 7.72. The van der Waals surface area contributed by atoms with Crippen molar-refractivity contribution < 1.29 is 4.74 Å². The largest absolute Gasteiger partial charge is 0.495 e. The van der Waals surface area contributed by atoms with Crippen LogP contribution < -0.4 is 10.5 Å². The summed E-state index contributed by atoms with van der Waals surface area (Å²) in [7, 11) is 1.65. The number of nitrogens with zero attached hydrogens (tertiary/aromatic N) is 1. The quantitative estimate of drug-likeness (QED) is 0.717. The summed E-state index contributed by atoms with van der Waals surface area (Å²) < 4.78 is 5.20. The molecule has 1 heterocycles. The summed E-state index contributed by atoms with van der Waals surface area (Å²) in [6.45, 7) is 4.43. The van der Waals surface area contributed by atoms with Gasteiger partial charge in [-0.05, 0) is 25.0 Å². The lowest BCUT2D eigenvalue weighted by Crippen LogP contribution is -2.03. The molecule has 0 spiro atoms. The topological polar surface area (TPSA) is 48.1 Å². The molecule has 0 aliphatic rings. The minimum atomic E-state index is 0.509. The molecule has 66 valence electrons. The van der Waals surface area contributed by atoms with Crippen LogP contribution in [0, 0.1) is 13.8 Å². The van der Waals surface area contributed by atoms with Crippen LogP contribution in [0.1, 0.15) is 16.8 Å². The monoisotopic (exact) mass is 166 g/mol. The van der Waals surface area contributed by atoms with Crippen molar-refractivity contribution in [1.29, 1.82) is 0 Å². The zero-order chi connectivity index (χ0) is 9.14. The van der Waals surface area contributed by atoms with E-state index in [1.807, 2.05) is 13.8 Å². The molecule has 3 heteroatoms. The molecular formula is C9H14N2O. The summed E-state index contributed by atoms with van der Waals surface area (Å²) in [5, 5.41) is 0. The lowest BCUT2D eigenvalue weighted by molar-refractivity contribution is 0.405. The van der Waals surface area contributed by atoms with Crippen LogP contribution in [0.4, 0.5) is 0 Å². The predicted molar refractivity (Wildman–Crippen MR) is 48.2 cm³/mol. The van der Waals surface area contributed by atoms with Gasteiger partial charge in [0.2, 0.25) is 0 Å². The molecule has 12 heavy (non-hydrogen) atoms. The Labute approximate surface area is 72.6 Å². The number of pyridine rings is 1. The van der Waals surface area contributed by atoms with E-state index < -0.39 is 0 Å². The number of ether oxygens (including phenoxy) is 1. The maximum Gasteiger partial charge on any atom is 0.143 e. The van der Waals surface area contributed by atoms with E-state index in [9.17, 15) is 0 Å². The van der Waals surface area contributed by atoms with Crippen molar-refractivity contribution in [3.63, 3.8) is 0 Å². The average Bonchev–Trinajstić information content (AvgIpc) is 2.06. The fourth-order valence-electron chi connectivity index (χ4n) is 1.25. The highest BCUT2D eigenvalue weighted by Crippen LogP contribution is 2.22. The molecule has 0 radical (unpaired) electrons. The van der Waals surface area contributed by atoms with Crippen LogP contribution in [0.2, 0.25) is 0 Å². The van der Waals surface area contributed by atoms with Crippen LogP contribution in [-0.4, -0.2) is 12.1 Å². The van der Waals surface area contributed by atoms with E-state index in [-0.39, 0.29) is 0 Å². The number of hydrogen-bond acceptors (Lipinski definition) is 3. The molecular weight excluding hydrogens is 152 g/mol. The van der Waals surface area contributed by atoms with E-state index in [0.29, 0.717) is 6.54 Å². The molecule has 0 saturated heterocycles. The smallest absolute Gasteiger partial charge is 0.143 e. The fraction of sp³-hybridized carbons (Fsp3) is 0.444. The molecule has 0 aromatic carbocycles. The van der Waals surface area contributed by atoms with E-state index in [4.69, 9.17) is 10.5 Å². The molecule has 1 aromatic rings. The van der Waals surface area contributed by atoms with Crippen LogP contribution in [0.3, 0.4) is 0 Å². The molecule has 0 saturated carbocycles. The van der Waals surface area contributed by atoms with Gasteiger partial charge in [-0.1, -0.05) is 0 Å². The molecule has 3 nitrogen and oxygen atoms in total. The molecule has 1 aromatic heterocycles. The molecule has 0 atom stereocenters. The predicted octanol–water partition coefficient (Wildman–Crippen LogP) is 1.17. The summed E-state index contributed by atoms with van der Waals surface area (Å²) in [6.07, 6.45) is 1.80. The summed E-state index contributed by atoms with van der Waals surface area (Å²) >= 11 is 0. The summed E-state index contributed by atoms with van der Waals surface area (Å²) in [6, 6.07) is 0. The normalized spacial score (nSPS) is 10.0. The minimum absolute atomic E-state index is 0.509. The van der Waals surface area contributed by atoms with Gasteiger partial charge in [0, 0.05) is 12.7 Å². The molecule has 2 N–H and O–H groups in total. The summed E-state index contributed by atoms with van der Waals surface area (Å²) in [4.78, 5) is 4.18. The Kier molecular flexibility index (Phi) is 2.65. The zero-order valence-electron chi connectivity index (χ0n) is 7.72. The van der Waals surface area contributed by atoms with Crippen LogP contribution >= 0.6 is 0 Å². The maximum absolute atomic E-state index is 5.53. The molecule has 0 bridgehead atoms. The van der Waals surface area contributed by atoms with Crippen molar-refractivity contribution in [2.24, 2.45) is 5.73 Å². The molecule has 0 fully saturated rings. The Bertz CT molecular complexity index is 284. The van der Waals surface area contributed by atoms with Gasteiger partial charge in [0.15, 0.2) is 0 Å². The Hall–Kier alpha value is -1.09.